The van der Waals surface area contributed by atoms with Crippen molar-refractivity contribution in [2.45, 2.75) is 46.5 Å². The first-order valence-corrected chi connectivity index (χ1v) is 12.1. The van der Waals surface area contributed by atoms with Crippen LogP contribution in [-0.4, -0.2) is 37.5 Å². The summed E-state index contributed by atoms with van der Waals surface area (Å²) >= 11 is 1.79. The molecule has 0 saturated heterocycles. The molecule has 1 N–H and O–H groups in total. The molecule has 1 atom stereocenters. The lowest BCUT2D eigenvalue weighted by Crippen LogP contribution is -2.28. The molecule has 0 radical (unpaired) electrons. The number of ether oxygens (including phenoxy) is 3. The number of benzene rings is 1. The lowest BCUT2D eigenvalue weighted by atomic mass is 9.69. The fraction of sp³-hybridized carbons (Fsp3) is 0.480. The Labute approximate surface area is 199 Å². The number of nitrogens with one attached hydrogen (secondary N) is 1. The fourth-order valence-corrected chi connectivity index (χ4v) is 5.65. The maximum absolute atomic E-state index is 5.50. The number of rotatable bonds is 8. The zero-order valence-corrected chi connectivity index (χ0v) is 21.0. The van der Waals surface area contributed by atoms with Gasteiger partial charge in [0.25, 0.3) is 0 Å². The number of thiophene rings is 1. The van der Waals surface area contributed by atoms with E-state index in [0.717, 1.165) is 34.4 Å². The van der Waals surface area contributed by atoms with Crippen LogP contribution in [0.5, 0.6) is 17.2 Å². The topological polar surface area (TPSA) is 77.9 Å². The van der Waals surface area contributed by atoms with E-state index in [2.05, 4.69) is 41.3 Å². The van der Waals surface area contributed by atoms with Crippen molar-refractivity contribution in [1.29, 1.82) is 0 Å². The van der Waals surface area contributed by atoms with Crippen LogP contribution < -0.4 is 19.6 Å². The number of aromatic nitrogens is 2. The third-order valence-electron chi connectivity index (χ3n) is 6.97. The van der Waals surface area contributed by atoms with Crippen LogP contribution in [0.4, 0.5) is 5.82 Å². The van der Waals surface area contributed by atoms with E-state index in [4.69, 9.17) is 14.2 Å². The highest BCUT2D eigenvalue weighted by Gasteiger charge is 2.33. The molecule has 176 valence electrons. The standard InChI is InChI=1S/C25H32N4O3S/c1-7-25(2,3)16-8-9-21-17(11-16)22-23(26-14-27-24(22)33-21)29-28-13-15-10-19(31-5)20(32-6)12-18(15)30-4/h10,12-14,16H,7-9,11H2,1-6H3,(H,26,27,29)/b28-13-/t16-/m0/s1. The van der Waals surface area contributed by atoms with Gasteiger partial charge in [-0.1, -0.05) is 27.2 Å². The van der Waals surface area contributed by atoms with Gasteiger partial charge in [-0.15, -0.1) is 11.3 Å². The summed E-state index contributed by atoms with van der Waals surface area (Å²) in [5.41, 5.74) is 5.62. The van der Waals surface area contributed by atoms with E-state index in [-0.39, 0.29) is 0 Å². The quantitative estimate of drug-likeness (QED) is 0.337. The largest absolute Gasteiger partial charge is 0.496 e. The third-order valence-corrected chi connectivity index (χ3v) is 8.17. The minimum absolute atomic E-state index is 0.317. The second-order valence-corrected chi connectivity index (χ2v) is 10.1. The fourth-order valence-electron chi connectivity index (χ4n) is 4.47. The van der Waals surface area contributed by atoms with Crippen molar-refractivity contribution >= 4 is 33.6 Å². The van der Waals surface area contributed by atoms with Gasteiger partial charge in [-0.3, -0.25) is 5.43 Å². The van der Waals surface area contributed by atoms with Gasteiger partial charge in [0.05, 0.1) is 32.9 Å². The Hall–Kier alpha value is -2.87. The van der Waals surface area contributed by atoms with Crippen LogP contribution in [0.2, 0.25) is 0 Å². The number of nitrogens with zero attached hydrogens (tertiary/aromatic N) is 3. The van der Waals surface area contributed by atoms with Crippen LogP contribution in [0.1, 0.15) is 49.6 Å². The van der Waals surface area contributed by atoms with Crippen LogP contribution in [0.15, 0.2) is 23.6 Å². The molecule has 0 aliphatic heterocycles. The van der Waals surface area contributed by atoms with E-state index in [1.54, 1.807) is 51.3 Å². The average Bonchev–Trinajstić information content (AvgIpc) is 3.22. The van der Waals surface area contributed by atoms with E-state index in [1.807, 2.05) is 6.07 Å². The van der Waals surface area contributed by atoms with Gasteiger partial charge in [-0.2, -0.15) is 5.10 Å². The summed E-state index contributed by atoms with van der Waals surface area (Å²) < 4.78 is 16.3. The maximum atomic E-state index is 5.50. The van der Waals surface area contributed by atoms with Gasteiger partial charge in [0, 0.05) is 16.5 Å². The summed E-state index contributed by atoms with van der Waals surface area (Å²) in [5.74, 6) is 3.25. The summed E-state index contributed by atoms with van der Waals surface area (Å²) in [6.45, 7) is 7.05. The van der Waals surface area contributed by atoms with Crippen LogP contribution in [0, 0.1) is 11.3 Å². The van der Waals surface area contributed by atoms with Gasteiger partial charge in [0.2, 0.25) is 0 Å². The molecule has 7 nitrogen and oxygen atoms in total. The number of hydrazone groups is 1. The number of hydrogen-bond donors (Lipinski definition) is 1. The van der Waals surface area contributed by atoms with Crippen molar-refractivity contribution < 1.29 is 14.2 Å². The van der Waals surface area contributed by atoms with Crippen LogP contribution >= 0.6 is 11.3 Å². The summed E-state index contributed by atoms with van der Waals surface area (Å²) in [6.07, 6.45) is 7.88. The van der Waals surface area contributed by atoms with Gasteiger partial charge in [-0.05, 0) is 42.2 Å². The second-order valence-electron chi connectivity index (χ2n) is 9.01. The lowest BCUT2D eigenvalue weighted by Gasteiger charge is -2.36. The Morgan fingerprint density at radius 3 is 2.55 bits per heavy atom. The number of hydrogen-bond acceptors (Lipinski definition) is 8. The Bertz CT molecular complexity index is 1170. The molecule has 33 heavy (non-hydrogen) atoms. The minimum Gasteiger partial charge on any atom is -0.496 e. The molecule has 2 aromatic heterocycles. The Kier molecular flexibility index (Phi) is 6.74. The smallest absolute Gasteiger partial charge is 0.164 e. The second kappa shape index (κ2) is 9.55. The Morgan fingerprint density at radius 1 is 1.12 bits per heavy atom. The molecular formula is C25H32N4O3S. The van der Waals surface area contributed by atoms with Crippen LogP contribution in [0.25, 0.3) is 10.2 Å². The van der Waals surface area contributed by atoms with Gasteiger partial charge < -0.3 is 14.2 Å². The summed E-state index contributed by atoms with van der Waals surface area (Å²) in [7, 11) is 4.82. The number of anilines is 1. The number of aryl methyl sites for hydroxylation is 1. The molecule has 4 rings (SSSR count). The molecule has 0 spiro atoms. The molecule has 8 heteroatoms. The van der Waals surface area contributed by atoms with Crippen molar-refractivity contribution in [1.82, 2.24) is 9.97 Å². The maximum Gasteiger partial charge on any atom is 0.164 e. The van der Waals surface area contributed by atoms with E-state index < -0.39 is 0 Å². The molecular weight excluding hydrogens is 436 g/mol. The summed E-state index contributed by atoms with van der Waals surface area (Å²) in [5, 5.41) is 5.58. The normalized spacial score (nSPS) is 16.1. The van der Waals surface area contributed by atoms with E-state index in [1.165, 1.54) is 23.3 Å². The molecule has 1 aliphatic carbocycles. The highest BCUT2D eigenvalue weighted by Crippen LogP contribution is 2.45. The molecule has 2 heterocycles. The molecule has 0 saturated carbocycles. The number of methoxy groups -OCH3 is 3. The van der Waals surface area contributed by atoms with Crippen molar-refractivity contribution in [2.24, 2.45) is 16.4 Å². The van der Waals surface area contributed by atoms with Gasteiger partial charge in [-0.25, -0.2) is 9.97 Å². The zero-order valence-electron chi connectivity index (χ0n) is 20.2. The first-order chi connectivity index (χ1) is 15.9. The number of fused-ring (bicyclic) bond motifs is 3. The predicted octanol–water partition coefficient (Wildman–Crippen LogP) is 5.70. The van der Waals surface area contributed by atoms with Gasteiger partial charge >= 0.3 is 0 Å². The van der Waals surface area contributed by atoms with E-state index >= 15 is 0 Å². The minimum atomic E-state index is 0.317. The van der Waals surface area contributed by atoms with E-state index in [0.29, 0.717) is 28.6 Å². The highest BCUT2D eigenvalue weighted by atomic mass is 32.1. The molecule has 0 fully saturated rings. The van der Waals surface area contributed by atoms with Gasteiger partial charge in [0.15, 0.2) is 17.3 Å². The average molecular weight is 469 g/mol. The monoisotopic (exact) mass is 468 g/mol. The zero-order chi connectivity index (χ0) is 23.6. The highest BCUT2D eigenvalue weighted by molar-refractivity contribution is 7.19. The third kappa shape index (κ3) is 4.49. The molecule has 1 aromatic carbocycles. The Morgan fingerprint density at radius 2 is 1.85 bits per heavy atom. The van der Waals surface area contributed by atoms with Crippen molar-refractivity contribution in [3.8, 4) is 17.2 Å². The Balaban J connectivity index is 1.65. The van der Waals surface area contributed by atoms with E-state index in [9.17, 15) is 0 Å². The first-order valence-electron chi connectivity index (χ1n) is 11.3. The summed E-state index contributed by atoms with van der Waals surface area (Å²) in [6, 6.07) is 3.62. The van der Waals surface area contributed by atoms with Crippen molar-refractivity contribution in [3.63, 3.8) is 0 Å². The predicted molar refractivity (Wildman–Crippen MR) is 134 cm³/mol. The molecule has 3 aromatic rings. The lowest BCUT2D eigenvalue weighted by molar-refractivity contribution is 0.184. The molecule has 0 bridgehead atoms. The van der Waals surface area contributed by atoms with Crippen molar-refractivity contribution in [2.75, 3.05) is 26.8 Å². The van der Waals surface area contributed by atoms with Crippen molar-refractivity contribution in [3.05, 3.63) is 34.5 Å². The van der Waals surface area contributed by atoms with Gasteiger partial charge in [0.1, 0.15) is 16.9 Å². The summed E-state index contributed by atoms with van der Waals surface area (Å²) in [4.78, 5) is 11.5. The SMILES string of the molecule is CCC(C)(C)[C@H]1CCc2sc3ncnc(N/N=C\c4cc(OC)c(OC)cc4OC)c3c2C1. The first kappa shape index (κ1) is 23.3. The molecule has 1 aliphatic rings. The molecule has 0 amide bonds. The van der Waals surface area contributed by atoms with Crippen LogP contribution in [-0.2, 0) is 12.8 Å². The molecule has 0 unspecified atom stereocenters. The van der Waals surface area contributed by atoms with Crippen LogP contribution in [0.3, 0.4) is 0 Å².